The number of rotatable bonds is 6. The molecule has 8 nitrogen and oxygen atoms in total. The number of nitrogens with zero attached hydrogens (tertiary/aromatic N) is 3. The molecule has 0 aromatic carbocycles. The molecule has 0 aliphatic carbocycles. The molecule has 0 bridgehead atoms. The van der Waals surface area contributed by atoms with Gasteiger partial charge in [-0.2, -0.15) is 4.98 Å². The van der Waals surface area contributed by atoms with Crippen LogP contribution in [0.25, 0.3) is 11.2 Å². The first-order chi connectivity index (χ1) is 19.5. The second-order valence-electron chi connectivity index (χ2n) is 4.99. The molecule has 2 aromatic rings. The Morgan fingerprint density at radius 3 is 2.96 bits per heavy atom. The second kappa shape index (κ2) is 10.2. The molecular weight excluding hydrogens is 375 g/mol. The minimum atomic E-state index is -3.81. The van der Waals surface area contributed by atoms with Gasteiger partial charge in [0.1, 0.15) is 5.56 Å². The Balaban J connectivity index is 0.00000705. The van der Waals surface area contributed by atoms with E-state index in [9.17, 15) is 14.7 Å². The molecule has 0 spiro atoms. The van der Waals surface area contributed by atoms with E-state index in [1.165, 1.54) is 0 Å². The van der Waals surface area contributed by atoms with Gasteiger partial charge in [-0.25, -0.2) is 0 Å². The van der Waals surface area contributed by atoms with Crippen LogP contribution in [0, 0.1) is 0 Å². The Morgan fingerprint density at radius 2 is 2.26 bits per heavy atom. The Bertz CT molecular complexity index is 1470. The summed E-state index contributed by atoms with van der Waals surface area (Å²) in [7, 11) is 0. The van der Waals surface area contributed by atoms with E-state index in [-0.39, 0.29) is 66.2 Å². The third kappa shape index (κ3) is 5.02. The molecule has 1 amide bonds. The van der Waals surface area contributed by atoms with Gasteiger partial charge in [-0.1, -0.05) is 6.37 Å². The van der Waals surface area contributed by atoms with Gasteiger partial charge in [-0.05, 0) is 58.2 Å². The van der Waals surface area contributed by atoms with Crippen molar-refractivity contribution in [2.75, 3.05) is 26.1 Å². The fourth-order valence-electron chi connectivity index (χ4n) is 2.22. The summed E-state index contributed by atoms with van der Waals surface area (Å²) in [5.41, 5.74) is -5.39. The average Bonchev–Trinajstić information content (AvgIpc) is 3.33. The van der Waals surface area contributed by atoms with Gasteiger partial charge in [0, 0.05) is 34.5 Å². The average molecular weight is 419 g/mol. The van der Waals surface area contributed by atoms with Crippen molar-refractivity contribution in [1.29, 1.82) is 0 Å². The quantitative estimate of drug-likeness (QED) is 0.558. The fraction of sp³-hybridized carbons (Fsp3) is 0.611. The monoisotopic (exact) mass is 418 g/mol. The van der Waals surface area contributed by atoms with Gasteiger partial charge in [0.15, 0.2) is 19.0 Å². The number of carbonyl (C=O) groups excluding carboxylic acids is 1. The van der Waals surface area contributed by atoms with Crippen molar-refractivity contribution in [2.45, 2.75) is 45.3 Å². The Labute approximate surface area is 226 Å². The van der Waals surface area contributed by atoms with E-state index in [1.54, 1.807) is 0 Å². The van der Waals surface area contributed by atoms with Gasteiger partial charge in [-0.15, -0.1) is 0 Å². The van der Waals surface area contributed by atoms with E-state index >= 15 is 0 Å². The Hall–Kier alpha value is -0.714. The number of amides is 1. The van der Waals surface area contributed by atoms with Gasteiger partial charge in [0.2, 0.25) is 0 Å². The summed E-state index contributed by atoms with van der Waals surface area (Å²) in [5, 5.41) is 12.9. The summed E-state index contributed by atoms with van der Waals surface area (Å²) in [6.45, 7) is -16.3. The molecule has 0 saturated carbocycles. The normalized spacial score (nSPS) is 35.6. The van der Waals surface area contributed by atoms with Crippen LogP contribution in [0.1, 0.15) is 78.9 Å². The van der Waals surface area contributed by atoms with Gasteiger partial charge < -0.3 is 19.7 Å². The van der Waals surface area contributed by atoms with Crippen LogP contribution in [-0.2, 0) is 0 Å². The molecule has 1 N–H and O–H groups in total. The number of aromatic nitrogens is 2. The Kier molecular flexibility index (Phi) is 3.09. The van der Waals surface area contributed by atoms with Crippen LogP contribution in [0.2, 0.25) is 1.41 Å². The van der Waals surface area contributed by atoms with Crippen LogP contribution in [0.4, 0.5) is 0 Å². The van der Waals surface area contributed by atoms with Crippen LogP contribution in [0.15, 0.2) is 15.6 Å². The minimum absolute atomic E-state index is 0. The summed E-state index contributed by atoms with van der Waals surface area (Å²) >= 11 is 0. The van der Waals surface area contributed by atoms with Crippen molar-refractivity contribution in [3.8, 4) is 5.75 Å². The molecule has 3 heterocycles. The molecule has 0 unspecified atom stereocenters. The smallest absolute Gasteiger partial charge is 0.869 e. The number of oxazole rings is 1. The first-order valence-electron chi connectivity index (χ1n) is 16.2. The van der Waals surface area contributed by atoms with E-state index in [1.807, 2.05) is 0 Å². The summed E-state index contributed by atoms with van der Waals surface area (Å²) < 4.78 is 147. The SMILES string of the molecule is [2H]N(CCCN1C([2H])([2H])C([2H])([2H])C([2H])([2H])C([2H])([2H])C1([2H])[2H])C(=O)c1c([O-])c2ocnc2n(C([2H])(C([2H])([2H])[2H])C([2H])([2H])[2H])c1=O.[K+]. The molecule has 1 saturated heterocycles. The summed E-state index contributed by atoms with van der Waals surface area (Å²) in [6, 6.07) is -3.81. The number of nitrogens with one attached hydrogen (secondary N) is 1. The van der Waals surface area contributed by atoms with Crippen molar-refractivity contribution >= 4 is 17.1 Å². The predicted octanol–water partition coefficient (Wildman–Crippen LogP) is -1.75. The predicted molar refractivity (Wildman–Crippen MR) is 95.3 cm³/mol. The number of hydrogen-bond donors (Lipinski definition) is 1. The zero-order chi connectivity index (χ0) is 34.4. The second-order valence-corrected chi connectivity index (χ2v) is 4.99. The third-order valence-electron chi connectivity index (χ3n) is 3.35. The number of pyridine rings is 1. The molecular formula is C18H25KN4O4. The maximum absolute atomic E-state index is 13.4. The molecule has 9 heteroatoms. The molecule has 0 radical (unpaired) electrons. The largest absolute Gasteiger partial charge is 1.00 e. The summed E-state index contributed by atoms with van der Waals surface area (Å²) in [6.07, 6.45) is -11.0. The molecule has 27 heavy (non-hydrogen) atoms. The summed E-state index contributed by atoms with van der Waals surface area (Å²) in [4.78, 5) is 30.1. The van der Waals surface area contributed by atoms with Crippen LogP contribution in [0.5, 0.6) is 5.75 Å². The van der Waals surface area contributed by atoms with Crippen LogP contribution < -0.4 is 67.4 Å². The van der Waals surface area contributed by atoms with E-state index < -0.39 is 105 Å². The van der Waals surface area contributed by atoms with Crippen LogP contribution in [0.3, 0.4) is 0 Å². The third-order valence-corrected chi connectivity index (χ3v) is 3.35. The molecule has 1 fully saturated rings. The van der Waals surface area contributed by atoms with Gasteiger partial charge >= 0.3 is 51.4 Å². The van der Waals surface area contributed by atoms with E-state index in [0.29, 0.717) is 6.39 Å². The Morgan fingerprint density at radius 1 is 1.52 bits per heavy atom. The van der Waals surface area contributed by atoms with Gasteiger partial charge in [0.05, 0.1) is 1.37 Å². The van der Waals surface area contributed by atoms with Crippen molar-refractivity contribution in [3.05, 3.63) is 22.3 Å². The number of likely N-dealkylation sites (tertiary alicyclic amines) is 1. The molecule has 3 rings (SSSR count). The van der Waals surface area contributed by atoms with Crippen molar-refractivity contribution in [2.24, 2.45) is 0 Å². The first-order valence-corrected chi connectivity index (χ1v) is 7.26. The number of fused-ring (bicyclic) bond motifs is 1. The first kappa shape index (κ1) is 8.20. The minimum Gasteiger partial charge on any atom is -0.869 e. The topological polar surface area (TPSA) is 103 Å². The van der Waals surface area contributed by atoms with E-state index in [0.717, 1.165) is 0 Å². The molecule has 2 aromatic heterocycles. The van der Waals surface area contributed by atoms with Crippen molar-refractivity contribution < 1.29 is 90.4 Å². The number of hydrogen-bond acceptors (Lipinski definition) is 6. The maximum Gasteiger partial charge on any atom is 1.00 e. The molecule has 0 atom stereocenters. The van der Waals surface area contributed by atoms with Gasteiger partial charge in [0.25, 0.3) is 11.5 Å². The molecule has 1 aliphatic heterocycles. The number of piperidine rings is 1. The van der Waals surface area contributed by atoms with Crippen molar-refractivity contribution in [1.82, 2.24) is 19.8 Å². The molecule has 1 aliphatic rings. The zero-order valence-corrected chi connectivity index (χ0v) is 17.2. The summed E-state index contributed by atoms with van der Waals surface area (Å²) in [5.74, 6) is -3.30. The number of carbonyl (C=O) groups is 1. The van der Waals surface area contributed by atoms with Gasteiger partial charge in [-0.3, -0.25) is 14.2 Å². The maximum atomic E-state index is 13.4. The molecule has 142 valence electrons. The van der Waals surface area contributed by atoms with E-state index in [2.05, 4.69) is 4.98 Å². The van der Waals surface area contributed by atoms with E-state index in [4.69, 9.17) is 29.1 Å². The van der Waals surface area contributed by atoms with Crippen LogP contribution in [-0.4, -0.2) is 46.4 Å². The standard InChI is InChI=1S/C18H26N4O4.K/c1-12(2)22-16-15(26-11-20-16)14(23)13(18(22)25)17(24)19-7-6-10-21-8-4-3-5-9-21;/h11-12,23H,3-10H2,1-2H3,(H,19,24);/q;+1/p-1/i1D3,2D3,3D2,4D2,5D2,8D2,9D2,12D;/hD. The van der Waals surface area contributed by atoms with Crippen LogP contribution >= 0.6 is 0 Å². The van der Waals surface area contributed by atoms with Crippen molar-refractivity contribution in [3.63, 3.8) is 0 Å². The fourth-order valence-corrected chi connectivity index (χ4v) is 2.22. The zero-order valence-electron chi connectivity index (χ0n) is 32.1.